The molecule has 0 aromatic carbocycles. The van der Waals surface area contributed by atoms with Crippen LogP contribution in [-0.4, -0.2) is 30.6 Å². The summed E-state index contributed by atoms with van der Waals surface area (Å²) in [6.07, 6.45) is 4.10. The van der Waals surface area contributed by atoms with Crippen molar-refractivity contribution in [3.63, 3.8) is 0 Å². The molecule has 0 aliphatic carbocycles. The Kier molecular flexibility index (Phi) is 3.59. The molecule has 0 aliphatic heterocycles. The van der Waals surface area contributed by atoms with E-state index in [9.17, 15) is 0 Å². The summed E-state index contributed by atoms with van der Waals surface area (Å²) in [6.45, 7) is 4.30. The topological polar surface area (TPSA) is 92.3 Å². The molecule has 0 saturated heterocycles. The largest absolute Gasteiger partial charge is 0.360 e. The highest BCUT2D eigenvalue weighted by molar-refractivity contribution is 5.34. The minimum atomic E-state index is 0.00338. The quantitative estimate of drug-likeness (QED) is 0.805. The van der Waals surface area contributed by atoms with Gasteiger partial charge in [-0.1, -0.05) is 19.1 Å². The Morgan fingerprint density at radius 1 is 1.41 bits per heavy atom. The number of hydrogen-bond donors (Lipinski definition) is 2. The number of nitrogens with zero attached hydrogens (tertiary/aromatic N) is 5. The lowest BCUT2D eigenvalue weighted by atomic mass is 10.0. The molecule has 0 bridgehead atoms. The second-order valence-electron chi connectivity index (χ2n) is 4.19. The fourth-order valence-corrected chi connectivity index (χ4v) is 1.57. The normalized spacial score (nSPS) is 12.6. The molecule has 2 aromatic heterocycles. The van der Waals surface area contributed by atoms with Crippen molar-refractivity contribution >= 4 is 5.82 Å². The molecule has 7 nitrogen and oxygen atoms in total. The van der Waals surface area contributed by atoms with Crippen molar-refractivity contribution in [3.05, 3.63) is 24.4 Å². The number of nitrogens with one attached hydrogen (secondary N) is 2. The van der Waals surface area contributed by atoms with E-state index in [-0.39, 0.29) is 6.04 Å². The molecule has 0 saturated carbocycles. The average Bonchev–Trinajstić information content (AvgIpc) is 2.82. The zero-order valence-corrected chi connectivity index (χ0v) is 9.83. The van der Waals surface area contributed by atoms with Crippen molar-refractivity contribution in [3.8, 4) is 0 Å². The molecule has 7 heteroatoms. The van der Waals surface area contributed by atoms with Gasteiger partial charge in [-0.25, -0.2) is 9.97 Å². The number of aromatic nitrogens is 6. The minimum absolute atomic E-state index is 0.00338. The zero-order chi connectivity index (χ0) is 12.1. The standard InChI is InChI=1S/C10H15N7/c1-7(2)5-8(10-14-16-17-15-10)13-9-3-4-11-6-12-9/h3-4,6-8H,5H2,1-2H3,(H,11,12,13)(H,14,15,16,17). The Balaban J connectivity index is 2.11. The summed E-state index contributed by atoms with van der Waals surface area (Å²) in [7, 11) is 0. The van der Waals surface area contributed by atoms with Crippen molar-refractivity contribution in [2.45, 2.75) is 26.3 Å². The van der Waals surface area contributed by atoms with Gasteiger partial charge in [-0.3, -0.25) is 0 Å². The molecule has 0 amide bonds. The molecule has 90 valence electrons. The number of rotatable bonds is 5. The third-order valence-corrected chi connectivity index (χ3v) is 2.28. The van der Waals surface area contributed by atoms with Crippen LogP contribution in [0.5, 0.6) is 0 Å². The van der Waals surface area contributed by atoms with Crippen molar-refractivity contribution in [1.29, 1.82) is 0 Å². The van der Waals surface area contributed by atoms with Crippen LogP contribution in [0.1, 0.15) is 32.1 Å². The molecule has 1 atom stereocenters. The Hall–Kier alpha value is -2.05. The van der Waals surface area contributed by atoms with Crippen LogP contribution in [0.4, 0.5) is 5.82 Å². The molecular formula is C10H15N7. The Labute approximate surface area is 99.1 Å². The zero-order valence-electron chi connectivity index (χ0n) is 9.83. The second-order valence-corrected chi connectivity index (χ2v) is 4.19. The smallest absolute Gasteiger partial charge is 0.196 e. The third kappa shape index (κ3) is 3.20. The summed E-state index contributed by atoms with van der Waals surface area (Å²) in [4.78, 5) is 8.00. The summed E-state index contributed by atoms with van der Waals surface area (Å²) in [6, 6.07) is 1.82. The van der Waals surface area contributed by atoms with Gasteiger partial charge in [0.15, 0.2) is 5.82 Å². The maximum atomic E-state index is 4.13. The predicted molar refractivity (Wildman–Crippen MR) is 62.0 cm³/mol. The van der Waals surface area contributed by atoms with Gasteiger partial charge in [0.1, 0.15) is 12.1 Å². The summed E-state index contributed by atoms with van der Waals surface area (Å²) >= 11 is 0. The molecule has 2 aromatic rings. The maximum absolute atomic E-state index is 4.13. The summed E-state index contributed by atoms with van der Waals surface area (Å²) in [5.41, 5.74) is 0. The summed E-state index contributed by atoms with van der Waals surface area (Å²) < 4.78 is 0. The minimum Gasteiger partial charge on any atom is -0.360 e. The summed E-state index contributed by atoms with van der Waals surface area (Å²) in [5, 5.41) is 17.4. The van der Waals surface area contributed by atoms with Crippen LogP contribution in [0.15, 0.2) is 18.6 Å². The van der Waals surface area contributed by atoms with Crippen LogP contribution in [-0.2, 0) is 0 Å². The van der Waals surface area contributed by atoms with Crippen LogP contribution >= 0.6 is 0 Å². The fraction of sp³-hybridized carbons (Fsp3) is 0.500. The molecule has 2 heterocycles. The van der Waals surface area contributed by atoms with Crippen molar-refractivity contribution in [2.24, 2.45) is 5.92 Å². The van der Waals surface area contributed by atoms with Crippen molar-refractivity contribution < 1.29 is 0 Å². The second kappa shape index (κ2) is 5.33. The number of hydrogen-bond acceptors (Lipinski definition) is 6. The first-order valence-corrected chi connectivity index (χ1v) is 5.51. The fourth-order valence-electron chi connectivity index (χ4n) is 1.57. The van der Waals surface area contributed by atoms with Crippen molar-refractivity contribution in [2.75, 3.05) is 5.32 Å². The average molecular weight is 233 g/mol. The van der Waals surface area contributed by atoms with Crippen LogP contribution < -0.4 is 5.32 Å². The lowest BCUT2D eigenvalue weighted by Gasteiger charge is -2.17. The van der Waals surface area contributed by atoms with Crippen LogP contribution in [0, 0.1) is 5.92 Å². The van der Waals surface area contributed by atoms with Crippen LogP contribution in [0.2, 0.25) is 0 Å². The molecule has 2 rings (SSSR count). The number of H-pyrrole nitrogens is 1. The third-order valence-electron chi connectivity index (χ3n) is 2.28. The van der Waals surface area contributed by atoms with Crippen molar-refractivity contribution in [1.82, 2.24) is 30.6 Å². The van der Waals surface area contributed by atoms with Crippen LogP contribution in [0.3, 0.4) is 0 Å². The highest BCUT2D eigenvalue weighted by Crippen LogP contribution is 2.21. The maximum Gasteiger partial charge on any atom is 0.196 e. The molecule has 17 heavy (non-hydrogen) atoms. The van der Waals surface area contributed by atoms with E-state index < -0.39 is 0 Å². The SMILES string of the molecule is CC(C)CC(Nc1ccncn1)c1nn[nH]n1. The molecule has 0 spiro atoms. The summed E-state index contributed by atoms with van der Waals surface area (Å²) in [5.74, 6) is 1.93. The number of aromatic amines is 1. The molecule has 0 radical (unpaired) electrons. The first kappa shape index (κ1) is 11.4. The van der Waals surface area contributed by atoms with Gasteiger partial charge in [0.2, 0.25) is 0 Å². The van der Waals surface area contributed by atoms with Gasteiger partial charge >= 0.3 is 0 Å². The predicted octanol–water partition coefficient (Wildman–Crippen LogP) is 1.19. The highest BCUT2D eigenvalue weighted by atomic mass is 15.5. The van der Waals surface area contributed by atoms with E-state index in [2.05, 4.69) is 49.8 Å². The van der Waals surface area contributed by atoms with Crippen LogP contribution in [0.25, 0.3) is 0 Å². The Morgan fingerprint density at radius 2 is 2.29 bits per heavy atom. The van der Waals surface area contributed by atoms with E-state index in [0.29, 0.717) is 11.7 Å². The number of anilines is 1. The molecule has 0 fully saturated rings. The van der Waals surface area contributed by atoms with Gasteiger partial charge in [-0.2, -0.15) is 5.21 Å². The van der Waals surface area contributed by atoms with E-state index in [0.717, 1.165) is 12.2 Å². The number of tetrazole rings is 1. The van der Waals surface area contributed by atoms with Gasteiger partial charge in [-0.05, 0) is 18.4 Å². The van der Waals surface area contributed by atoms with E-state index in [4.69, 9.17) is 0 Å². The first-order valence-electron chi connectivity index (χ1n) is 5.51. The van der Waals surface area contributed by atoms with E-state index in [1.807, 2.05) is 6.07 Å². The highest BCUT2D eigenvalue weighted by Gasteiger charge is 2.17. The van der Waals surface area contributed by atoms with E-state index in [1.54, 1.807) is 6.20 Å². The van der Waals surface area contributed by atoms with E-state index >= 15 is 0 Å². The van der Waals surface area contributed by atoms with Gasteiger partial charge < -0.3 is 5.32 Å². The van der Waals surface area contributed by atoms with Gasteiger partial charge in [0, 0.05) is 6.20 Å². The lowest BCUT2D eigenvalue weighted by molar-refractivity contribution is 0.514. The molecule has 1 unspecified atom stereocenters. The first-order chi connectivity index (χ1) is 8.25. The molecular weight excluding hydrogens is 218 g/mol. The van der Waals surface area contributed by atoms with E-state index in [1.165, 1.54) is 6.33 Å². The van der Waals surface area contributed by atoms with Gasteiger partial charge in [0.25, 0.3) is 0 Å². The molecule has 2 N–H and O–H groups in total. The Bertz CT molecular complexity index is 425. The monoisotopic (exact) mass is 233 g/mol. The Morgan fingerprint density at radius 3 is 2.88 bits per heavy atom. The van der Waals surface area contributed by atoms with Gasteiger partial charge in [0.05, 0.1) is 6.04 Å². The van der Waals surface area contributed by atoms with Gasteiger partial charge in [-0.15, -0.1) is 10.2 Å². The molecule has 0 aliphatic rings. The lowest BCUT2D eigenvalue weighted by Crippen LogP contribution is -2.15.